The van der Waals surface area contributed by atoms with Gasteiger partial charge in [-0.3, -0.25) is 19.5 Å². The maximum absolute atomic E-state index is 13.4. The number of hydrogen-bond acceptors (Lipinski definition) is 8. The van der Waals surface area contributed by atoms with E-state index < -0.39 is 26.4 Å². The number of para-hydroxylation sites is 1. The Kier molecular flexibility index (Phi) is 7.43. The fourth-order valence-electron chi connectivity index (χ4n) is 5.10. The molecule has 42 heavy (non-hydrogen) atoms. The number of non-ortho nitro benzene ring substituents is 1. The van der Waals surface area contributed by atoms with Crippen molar-refractivity contribution < 1.29 is 27.4 Å². The number of hydrazone groups is 1. The van der Waals surface area contributed by atoms with Crippen LogP contribution in [0.4, 0.5) is 17.1 Å². The SMILES string of the molecule is CC1=NN(c2ccc(S(=O)(=O)O)cc2)C(=O)/C1=C\C=C1\N(CCOc2ccccc2)c2ccc([N+](=O)[O-])cc2C1(C)C. The summed E-state index contributed by atoms with van der Waals surface area (Å²) in [6.07, 6.45) is 3.50. The molecule has 1 N–H and O–H groups in total. The van der Waals surface area contributed by atoms with Crippen molar-refractivity contribution in [2.45, 2.75) is 31.1 Å². The lowest BCUT2D eigenvalue weighted by Crippen LogP contribution is -2.30. The average molecular weight is 589 g/mol. The second kappa shape index (κ2) is 10.9. The van der Waals surface area contributed by atoms with Gasteiger partial charge in [-0.2, -0.15) is 18.5 Å². The first-order valence-corrected chi connectivity index (χ1v) is 14.5. The van der Waals surface area contributed by atoms with E-state index in [2.05, 4.69) is 5.10 Å². The zero-order chi connectivity index (χ0) is 30.2. The molecule has 0 bridgehead atoms. The van der Waals surface area contributed by atoms with Crippen LogP contribution in [0.25, 0.3) is 0 Å². The molecule has 216 valence electrons. The molecule has 2 aliphatic heterocycles. The molecule has 5 rings (SSSR count). The Morgan fingerprint density at radius 1 is 1.05 bits per heavy atom. The van der Waals surface area contributed by atoms with Gasteiger partial charge in [0.15, 0.2) is 0 Å². The van der Waals surface area contributed by atoms with Crippen LogP contribution >= 0.6 is 0 Å². The van der Waals surface area contributed by atoms with E-state index in [0.717, 1.165) is 27.7 Å². The van der Waals surface area contributed by atoms with E-state index in [-0.39, 0.29) is 10.6 Å². The number of hydrogen-bond donors (Lipinski definition) is 1. The monoisotopic (exact) mass is 588 g/mol. The second-order valence-electron chi connectivity index (χ2n) is 10.3. The summed E-state index contributed by atoms with van der Waals surface area (Å²) < 4.78 is 37.9. The number of amides is 1. The fraction of sp³-hybridized carbons (Fsp3) is 0.200. The fourth-order valence-corrected chi connectivity index (χ4v) is 5.58. The van der Waals surface area contributed by atoms with Gasteiger partial charge >= 0.3 is 0 Å². The summed E-state index contributed by atoms with van der Waals surface area (Å²) in [5, 5.41) is 17.1. The smallest absolute Gasteiger partial charge is 0.294 e. The highest BCUT2D eigenvalue weighted by molar-refractivity contribution is 7.85. The van der Waals surface area contributed by atoms with Crippen LogP contribution in [0.1, 0.15) is 26.3 Å². The van der Waals surface area contributed by atoms with Crippen LogP contribution in [0, 0.1) is 10.1 Å². The highest BCUT2D eigenvalue weighted by Gasteiger charge is 2.41. The number of benzene rings is 3. The van der Waals surface area contributed by atoms with Crippen molar-refractivity contribution in [2.24, 2.45) is 5.10 Å². The van der Waals surface area contributed by atoms with Crippen molar-refractivity contribution in [1.82, 2.24) is 0 Å². The lowest BCUT2D eigenvalue weighted by atomic mass is 9.83. The van der Waals surface area contributed by atoms with Crippen molar-refractivity contribution in [3.8, 4) is 5.75 Å². The van der Waals surface area contributed by atoms with Gasteiger partial charge in [-0.25, -0.2) is 0 Å². The van der Waals surface area contributed by atoms with Crippen molar-refractivity contribution in [3.63, 3.8) is 0 Å². The molecule has 2 aliphatic rings. The molecule has 3 aromatic carbocycles. The van der Waals surface area contributed by atoms with E-state index in [1.807, 2.05) is 55.2 Å². The quantitative estimate of drug-likeness (QED) is 0.163. The minimum Gasteiger partial charge on any atom is -0.492 e. The molecule has 11 nitrogen and oxygen atoms in total. The number of ether oxygens (including phenoxy) is 1. The maximum Gasteiger partial charge on any atom is 0.294 e. The minimum absolute atomic E-state index is 0.00785. The predicted octanol–water partition coefficient (Wildman–Crippen LogP) is 5.25. The highest BCUT2D eigenvalue weighted by atomic mass is 32.2. The number of rotatable bonds is 8. The first kappa shape index (κ1) is 28.7. The Balaban J connectivity index is 1.47. The zero-order valence-electron chi connectivity index (χ0n) is 23.1. The zero-order valence-corrected chi connectivity index (χ0v) is 23.9. The molecule has 0 saturated heterocycles. The molecule has 0 aromatic heterocycles. The number of carbonyl (C=O) groups excluding carboxylic acids is 1. The van der Waals surface area contributed by atoms with Gasteiger partial charge in [-0.15, -0.1) is 0 Å². The van der Waals surface area contributed by atoms with Gasteiger partial charge in [0.1, 0.15) is 12.4 Å². The molecule has 0 saturated carbocycles. The normalized spacial score (nSPS) is 18.0. The summed E-state index contributed by atoms with van der Waals surface area (Å²) in [6.45, 7) is 6.43. The van der Waals surface area contributed by atoms with Gasteiger partial charge in [0.25, 0.3) is 21.7 Å². The van der Waals surface area contributed by atoms with Crippen LogP contribution in [-0.2, 0) is 20.3 Å². The van der Waals surface area contributed by atoms with Crippen LogP contribution in [0.3, 0.4) is 0 Å². The molecular formula is C30H28N4O7S. The second-order valence-corrected chi connectivity index (χ2v) is 11.7. The van der Waals surface area contributed by atoms with Gasteiger partial charge in [0, 0.05) is 28.9 Å². The van der Waals surface area contributed by atoms with Gasteiger partial charge in [0.2, 0.25) is 0 Å². The number of nitro benzene ring substituents is 1. The van der Waals surface area contributed by atoms with Crippen LogP contribution in [-0.4, -0.2) is 42.7 Å². The Morgan fingerprint density at radius 3 is 2.38 bits per heavy atom. The summed E-state index contributed by atoms with van der Waals surface area (Å²) in [5.74, 6) is 0.313. The molecule has 3 aromatic rings. The van der Waals surface area contributed by atoms with Crippen LogP contribution in [0.5, 0.6) is 5.75 Å². The van der Waals surface area contributed by atoms with E-state index in [1.165, 1.54) is 30.3 Å². The molecular weight excluding hydrogens is 560 g/mol. The number of fused-ring (bicyclic) bond motifs is 1. The standard InChI is InChI=1S/C30H28N4O7S/c1-20-25(29(35)33(31-20)21-9-12-24(13-10-21)42(38,39)40)14-16-28-30(2,3)26-19-22(34(36)37)11-15-27(26)32(28)17-18-41-23-7-5-4-6-8-23/h4-16,19H,17-18H2,1-3H3,(H,38,39,40)/b25-14-,28-16+. The van der Waals surface area contributed by atoms with Crippen LogP contribution in [0.2, 0.25) is 0 Å². The maximum atomic E-state index is 13.4. The lowest BCUT2D eigenvalue weighted by Gasteiger charge is -2.27. The molecule has 0 spiro atoms. The van der Waals surface area contributed by atoms with Crippen molar-refractivity contribution in [2.75, 3.05) is 23.1 Å². The van der Waals surface area contributed by atoms with E-state index in [4.69, 9.17) is 4.74 Å². The van der Waals surface area contributed by atoms with E-state index in [9.17, 15) is 27.9 Å². The van der Waals surface area contributed by atoms with Gasteiger partial charge in [-0.05, 0) is 67.1 Å². The average Bonchev–Trinajstić information content (AvgIpc) is 3.35. The topological polar surface area (TPSA) is 143 Å². The molecule has 0 atom stereocenters. The van der Waals surface area contributed by atoms with Gasteiger partial charge in [0.05, 0.1) is 33.3 Å². The van der Waals surface area contributed by atoms with E-state index >= 15 is 0 Å². The molecule has 0 unspecified atom stereocenters. The predicted molar refractivity (Wildman–Crippen MR) is 158 cm³/mol. The number of nitrogens with zero attached hydrogens (tertiary/aromatic N) is 4. The molecule has 0 aliphatic carbocycles. The van der Waals surface area contributed by atoms with Crippen molar-refractivity contribution in [1.29, 1.82) is 0 Å². The summed E-state index contributed by atoms with van der Waals surface area (Å²) in [6, 6.07) is 19.3. The first-order chi connectivity index (χ1) is 19.9. The van der Waals surface area contributed by atoms with Gasteiger partial charge in [-0.1, -0.05) is 32.0 Å². The molecule has 0 fully saturated rings. The number of anilines is 2. The summed E-state index contributed by atoms with van der Waals surface area (Å²) in [4.78, 5) is 26.2. The third kappa shape index (κ3) is 5.41. The number of carbonyl (C=O) groups is 1. The number of allylic oxidation sites excluding steroid dienone is 3. The van der Waals surface area contributed by atoms with Crippen LogP contribution in [0.15, 0.2) is 106 Å². The molecule has 0 radical (unpaired) electrons. The summed E-state index contributed by atoms with van der Waals surface area (Å²) >= 11 is 0. The molecule has 12 heteroatoms. The Hall–Kier alpha value is -4.81. The summed E-state index contributed by atoms with van der Waals surface area (Å²) in [7, 11) is -4.37. The molecule has 2 heterocycles. The third-order valence-corrected chi connectivity index (χ3v) is 8.13. The highest BCUT2D eigenvalue weighted by Crippen LogP contribution is 2.48. The Labute approximate surface area is 242 Å². The van der Waals surface area contributed by atoms with Crippen LogP contribution < -0.4 is 14.6 Å². The Morgan fingerprint density at radius 2 is 1.74 bits per heavy atom. The van der Waals surface area contributed by atoms with E-state index in [1.54, 1.807) is 25.1 Å². The third-order valence-electron chi connectivity index (χ3n) is 7.26. The Bertz CT molecular complexity index is 1760. The lowest BCUT2D eigenvalue weighted by molar-refractivity contribution is -0.384. The summed E-state index contributed by atoms with van der Waals surface area (Å²) in [5.41, 5.74) is 2.90. The van der Waals surface area contributed by atoms with Crippen molar-refractivity contribution in [3.05, 3.63) is 112 Å². The minimum atomic E-state index is -4.37. The molecule has 1 amide bonds. The van der Waals surface area contributed by atoms with Gasteiger partial charge < -0.3 is 9.64 Å². The first-order valence-electron chi connectivity index (χ1n) is 13.0. The van der Waals surface area contributed by atoms with E-state index in [0.29, 0.717) is 30.1 Å². The van der Waals surface area contributed by atoms with Crippen molar-refractivity contribution >= 4 is 38.8 Å². The number of nitro groups is 1. The largest absolute Gasteiger partial charge is 0.492 e.